The van der Waals surface area contributed by atoms with Gasteiger partial charge in [0, 0.05) is 12.5 Å². The quantitative estimate of drug-likeness (QED) is 0.913. The van der Waals surface area contributed by atoms with E-state index in [2.05, 4.69) is 20.6 Å². The summed E-state index contributed by atoms with van der Waals surface area (Å²) in [5.74, 6) is 0.495. The molecule has 0 radical (unpaired) electrons. The van der Waals surface area contributed by atoms with Gasteiger partial charge in [-0.1, -0.05) is 6.07 Å². The molecule has 0 aromatic carbocycles. The van der Waals surface area contributed by atoms with Gasteiger partial charge < -0.3 is 4.74 Å². The number of hydrazine groups is 1. The fraction of sp³-hybridized carbons (Fsp3) is 0.231. The number of urea groups is 1. The molecular formula is C13H12N6O2S2. The summed E-state index contributed by atoms with van der Waals surface area (Å²) in [6, 6.07) is 3.77. The number of aliphatic imine (C=N–C) groups is 1. The van der Waals surface area contributed by atoms with Gasteiger partial charge in [-0.2, -0.15) is 5.01 Å². The van der Waals surface area contributed by atoms with Crippen LogP contribution in [0.5, 0.6) is 0 Å². The Morgan fingerprint density at radius 1 is 1.43 bits per heavy atom. The number of carbonyl (C=O) groups is 1. The van der Waals surface area contributed by atoms with Crippen molar-refractivity contribution in [1.82, 2.24) is 20.4 Å². The van der Waals surface area contributed by atoms with Crippen LogP contribution in [0.1, 0.15) is 5.01 Å². The van der Waals surface area contributed by atoms with Crippen molar-refractivity contribution >= 4 is 40.3 Å². The van der Waals surface area contributed by atoms with E-state index < -0.39 is 0 Å². The normalized spacial score (nSPS) is 17.0. The molecule has 2 aromatic rings. The zero-order chi connectivity index (χ0) is 15.8. The van der Waals surface area contributed by atoms with Gasteiger partial charge in [-0.15, -0.1) is 27.8 Å². The number of amides is 2. The molecule has 4 heterocycles. The predicted octanol–water partition coefficient (Wildman–Crippen LogP) is 1.79. The monoisotopic (exact) mass is 348 g/mol. The SMILES string of the molecule is COCN1NN=C2C(c3nc(-c4cccs4)cs3)=NCN2C1=O. The van der Waals surface area contributed by atoms with Gasteiger partial charge in [-0.25, -0.2) is 15.3 Å². The first-order valence-corrected chi connectivity index (χ1v) is 8.50. The maximum atomic E-state index is 12.3. The van der Waals surface area contributed by atoms with E-state index in [1.165, 1.54) is 28.4 Å². The van der Waals surface area contributed by atoms with E-state index in [0.29, 0.717) is 11.5 Å². The van der Waals surface area contributed by atoms with Gasteiger partial charge in [0.05, 0.1) is 10.6 Å². The minimum absolute atomic E-state index is 0.112. The van der Waals surface area contributed by atoms with Crippen LogP contribution in [0, 0.1) is 0 Å². The third kappa shape index (κ3) is 2.40. The number of carbonyl (C=O) groups excluding carboxylic acids is 1. The molecule has 2 amide bonds. The molecule has 1 N–H and O–H groups in total. The lowest BCUT2D eigenvalue weighted by atomic mass is 10.3. The van der Waals surface area contributed by atoms with Crippen LogP contribution in [0.25, 0.3) is 10.6 Å². The van der Waals surface area contributed by atoms with E-state index in [1.807, 2.05) is 22.9 Å². The highest BCUT2D eigenvalue weighted by Gasteiger charge is 2.37. The largest absolute Gasteiger partial charge is 0.362 e. The first-order valence-electron chi connectivity index (χ1n) is 6.74. The summed E-state index contributed by atoms with van der Waals surface area (Å²) >= 11 is 3.13. The second-order valence-electron chi connectivity index (χ2n) is 4.76. The van der Waals surface area contributed by atoms with E-state index >= 15 is 0 Å². The predicted molar refractivity (Wildman–Crippen MR) is 88.4 cm³/mol. The average molecular weight is 348 g/mol. The number of nitrogens with one attached hydrogen (secondary N) is 1. The fourth-order valence-corrected chi connectivity index (χ4v) is 3.85. The molecule has 23 heavy (non-hydrogen) atoms. The van der Waals surface area contributed by atoms with Gasteiger partial charge in [-0.3, -0.25) is 9.89 Å². The van der Waals surface area contributed by atoms with Crippen molar-refractivity contribution in [2.45, 2.75) is 0 Å². The second-order valence-corrected chi connectivity index (χ2v) is 6.56. The standard InChI is InChI=1S/C13H12N6O2S2/c1-21-7-19-13(20)18-6-14-10(11(18)16-17-19)12-15-8(5-23-12)9-3-2-4-22-9/h2-5,17H,6-7H2,1H3. The zero-order valence-corrected chi connectivity index (χ0v) is 13.7. The molecule has 2 aromatic heterocycles. The van der Waals surface area contributed by atoms with E-state index in [1.54, 1.807) is 11.3 Å². The molecule has 0 spiro atoms. The van der Waals surface area contributed by atoms with Crippen LogP contribution in [-0.2, 0) is 4.74 Å². The van der Waals surface area contributed by atoms with Gasteiger partial charge in [0.1, 0.15) is 24.1 Å². The molecule has 0 unspecified atom stereocenters. The molecule has 118 valence electrons. The van der Waals surface area contributed by atoms with Crippen molar-refractivity contribution in [2.75, 3.05) is 20.5 Å². The van der Waals surface area contributed by atoms with Crippen LogP contribution in [0.15, 0.2) is 33.0 Å². The van der Waals surface area contributed by atoms with Crippen LogP contribution in [0.2, 0.25) is 0 Å². The maximum Gasteiger partial charge on any atom is 0.349 e. The zero-order valence-electron chi connectivity index (χ0n) is 12.1. The Kier molecular flexibility index (Phi) is 3.56. The number of fused-ring (bicyclic) bond motifs is 1. The lowest BCUT2D eigenvalue weighted by molar-refractivity contribution is 0.0405. The van der Waals surface area contributed by atoms with Crippen molar-refractivity contribution in [1.29, 1.82) is 0 Å². The molecule has 8 nitrogen and oxygen atoms in total. The number of methoxy groups -OCH3 is 1. The number of thiophene rings is 1. The van der Waals surface area contributed by atoms with Gasteiger partial charge >= 0.3 is 6.03 Å². The molecule has 2 aliphatic rings. The molecule has 0 saturated carbocycles. The number of nitrogens with zero attached hydrogens (tertiary/aromatic N) is 5. The summed E-state index contributed by atoms with van der Waals surface area (Å²) < 4.78 is 4.96. The Hall–Kier alpha value is -2.30. The molecule has 0 bridgehead atoms. The fourth-order valence-electron chi connectivity index (χ4n) is 2.26. The number of amidine groups is 1. The van der Waals surface area contributed by atoms with Crippen LogP contribution in [0.3, 0.4) is 0 Å². The minimum atomic E-state index is -0.245. The van der Waals surface area contributed by atoms with Crippen LogP contribution in [-0.4, -0.2) is 53.0 Å². The highest BCUT2D eigenvalue weighted by atomic mass is 32.1. The van der Waals surface area contributed by atoms with Gasteiger partial charge in [0.2, 0.25) is 0 Å². The summed E-state index contributed by atoms with van der Waals surface area (Å²) in [5, 5.41) is 10.3. The van der Waals surface area contributed by atoms with Crippen molar-refractivity contribution in [2.24, 2.45) is 10.1 Å². The van der Waals surface area contributed by atoms with E-state index in [4.69, 9.17) is 4.74 Å². The number of aromatic nitrogens is 1. The smallest absolute Gasteiger partial charge is 0.349 e. The molecule has 0 aliphatic carbocycles. The Morgan fingerprint density at radius 3 is 3.13 bits per heavy atom. The number of hydrazone groups is 1. The average Bonchev–Trinajstić information content (AvgIpc) is 3.29. The van der Waals surface area contributed by atoms with Crippen molar-refractivity contribution in [3.8, 4) is 10.6 Å². The van der Waals surface area contributed by atoms with Crippen molar-refractivity contribution in [3.05, 3.63) is 27.9 Å². The summed E-state index contributed by atoms with van der Waals surface area (Å²) in [4.78, 5) is 24.0. The lowest BCUT2D eigenvalue weighted by Crippen LogP contribution is -2.55. The van der Waals surface area contributed by atoms with Crippen molar-refractivity contribution in [3.63, 3.8) is 0 Å². The Labute approximate surface area is 139 Å². The van der Waals surface area contributed by atoms with E-state index in [9.17, 15) is 4.79 Å². The molecule has 4 rings (SSSR count). The van der Waals surface area contributed by atoms with Gasteiger partial charge in [0.15, 0.2) is 5.84 Å². The number of ether oxygens (including phenoxy) is 1. The van der Waals surface area contributed by atoms with E-state index in [0.717, 1.165) is 15.6 Å². The number of hydrogen-bond acceptors (Lipinski definition) is 8. The van der Waals surface area contributed by atoms with Crippen LogP contribution >= 0.6 is 22.7 Å². The number of rotatable bonds is 4. The number of thiazole rings is 1. The lowest BCUT2D eigenvalue weighted by Gasteiger charge is -2.30. The van der Waals surface area contributed by atoms with Gasteiger partial charge in [0.25, 0.3) is 0 Å². The maximum absolute atomic E-state index is 12.3. The van der Waals surface area contributed by atoms with Crippen LogP contribution in [0.4, 0.5) is 4.79 Å². The van der Waals surface area contributed by atoms with E-state index in [-0.39, 0.29) is 19.4 Å². The summed E-state index contributed by atoms with van der Waals surface area (Å²) in [7, 11) is 1.52. The molecule has 0 atom stereocenters. The highest BCUT2D eigenvalue weighted by Crippen LogP contribution is 2.27. The third-order valence-corrected chi connectivity index (χ3v) is 5.06. The topological polar surface area (TPSA) is 82.4 Å². The summed E-state index contributed by atoms with van der Waals surface area (Å²) in [6.45, 7) is 0.351. The molecule has 2 aliphatic heterocycles. The van der Waals surface area contributed by atoms with Crippen molar-refractivity contribution < 1.29 is 9.53 Å². The molecule has 0 fully saturated rings. The molecule has 10 heteroatoms. The Morgan fingerprint density at radius 2 is 2.35 bits per heavy atom. The third-order valence-electron chi connectivity index (χ3n) is 3.31. The first kappa shape index (κ1) is 14.3. The first-order chi connectivity index (χ1) is 11.3. The number of hydrogen-bond donors (Lipinski definition) is 1. The van der Waals surface area contributed by atoms with Gasteiger partial charge in [-0.05, 0) is 11.4 Å². The van der Waals surface area contributed by atoms with Crippen LogP contribution < -0.4 is 5.53 Å². The highest BCUT2D eigenvalue weighted by molar-refractivity contribution is 7.15. The summed E-state index contributed by atoms with van der Waals surface area (Å²) in [5.41, 5.74) is 4.23. The Bertz CT molecular complexity index is 797. The molecular weight excluding hydrogens is 336 g/mol. The molecule has 0 saturated heterocycles. The Balaban J connectivity index is 1.61. The second kappa shape index (κ2) is 5.72. The minimum Gasteiger partial charge on any atom is -0.362 e. The summed E-state index contributed by atoms with van der Waals surface area (Å²) in [6.07, 6.45) is 0.